The number of anilines is 2. The van der Waals surface area contributed by atoms with Gasteiger partial charge < -0.3 is 9.84 Å². The van der Waals surface area contributed by atoms with Gasteiger partial charge in [0.05, 0.1) is 46.0 Å². The van der Waals surface area contributed by atoms with Crippen LogP contribution < -0.4 is 14.6 Å². The fraction of sp³-hybridized carbons (Fsp3) is 0.343. The number of nitrogens with zero attached hydrogens (tertiary/aromatic N) is 4. The highest BCUT2D eigenvalue weighted by Crippen LogP contribution is 2.65. The molecule has 16 heteroatoms. The zero-order valence-electron chi connectivity index (χ0n) is 27.0. The summed E-state index contributed by atoms with van der Waals surface area (Å²) >= 11 is 12.3. The molecule has 6 atom stereocenters. The Kier molecular flexibility index (Phi) is 8.14. The summed E-state index contributed by atoms with van der Waals surface area (Å²) < 4.78 is 60.5. The van der Waals surface area contributed by atoms with Crippen molar-refractivity contribution >= 4 is 58.3 Å². The number of carbonyl (C=O) groups excluding carboxylic acids is 4. The van der Waals surface area contributed by atoms with Gasteiger partial charge in [0.1, 0.15) is 23.0 Å². The van der Waals surface area contributed by atoms with Crippen LogP contribution in [0.2, 0.25) is 10.0 Å². The van der Waals surface area contributed by atoms with Crippen LogP contribution >= 0.6 is 23.2 Å². The maximum Gasteiger partial charge on any atom is 0.433 e. The van der Waals surface area contributed by atoms with Crippen molar-refractivity contribution in [3.63, 3.8) is 0 Å². The molecule has 4 amide bonds. The van der Waals surface area contributed by atoms with E-state index >= 15 is 0 Å². The molecule has 266 valence electrons. The maximum atomic E-state index is 14.6. The number of hydrogen-bond acceptors (Lipinski definition) is 8. The van der Waals surface area contributed by atoms with Crippen LogP contribution in [0, 0.1) is 34.9 Å². The second-order valence-electron chi connectivity index (χ2n) is 13.2. The lowest BCUT2D eigenvalue weighted by atomic mass is 9.51. The normalized spacial score (nSPS) is 27.3. The smallest absolute Gasteiger partial charge is 0.433 e. The van der Waals surface area contributed by atoms with Crippen LogP contribution in [0.3, 0.4) is 0 Å². The minimum atomic E-state index is -4.84. The Bertz CT molecular complexity index is 2080. The summed E-state index contributed by atoms with van der Waals surface area (Å²) in [6.07, 6.45) is -3.19. The highest BCUT2D eigenvalue weighted by Gasteiger charge is 2.68. The maximum absolute atomic E-state index is 14.6. The summed E-state index contributed by atoms with van der Waals surface area (Å²) in [5, 5.41) is 12.4. The Balaban J connectivity index is 1.35. The fourth-order valence-electron chi connectivity index (χ4n) is 8.38. The van der Waals surface area contributed by atoms with Crippen LogP contribution in [-0.4, -0.2) is 52.9 Å². The summed E-state index contributed by atoms with van der Waals surface area (Å²) in [5.74, 6) is -9.15. The van der Waals surface area contributed by atoms with Crippen molar-refractivity contribution in [3.8, 4) is 11.5 Å². The fourth-order valence-corrected chi connectivity index (χ4v) is 8.79. The average Bonchev–Trinajstić information content (AvgIpc) is 3.45. The lowest BCUT2D eigenvalue weighted by Crippen LogP contribution is -2.49. The molecule has 3 fully saturated rings. The molecule has 3 heterocycles. The Labute approximate surface area is 298 Å². The number of allylic oxidation sites excluding steroid dienone is 2. The average molecular weight is 748 g/mol. The molecule has 51 heavy (non-hydrogen) atoms. The van der Waals surface area contributed by atoms with Gasteiger partial charge in [0.25, 0.3) is 11.8 Å². The summed E-state index contributed by atoms with van der Waals surface area (Å²) in [4.78, 5) is 61.8. The molecule has 7 rings (SSSR count). The van der Waals surface area contributed by atoms with Gasteiger partial charge in [-0.1, -0.05) is 40.9 Å². The number of hydrazine groups is 1. The Morgan fingerprint density at radius 1 is 1.00 bits per heavy atom. The molecule has 0 bridgehead atoms. The molecule has 1 saturated carbocycles. The molecule has 3 aromatic rings. The Morgan fingerprint density at radius 2 is 1.73 bits per heavy atom. The van der Waals surface area contributed by atoms with Gasteiger partial charge in [-0.05, 0) is 68.1 Å². The SMILES string of the molecule is COc1cccc(O)c1C1C2=CCC3C(=O)N(N(C)c4nc(C(F)(F)F)ccc4Cl)C(=O)C3C2CC2C(=O)N(c3ccc(F)c(Cl)c3)C(=O)C21C. The van der Waals surface area contributed by atoms with E-state index in [1.54, 1.807) is 19.1 Å². The van der Waals surface area contributed by atoms with Gasteiger partial charge in [0.2, 0.25) is 11.8 Å². The molecule has 6 unspecified atom stereocenters. The highest BCUT2D eigenvalue weighted by molar-refractivity contribution is 6.33. The van der Waals surface area contributed by atoms with Gasteiger partial charge in [-0.2, -0.15) is 18.2 Å². The second kappa shape index (κ2) is 11.9. The van der Waals surface area contributed by atoms with E-state index in [-0.39, 0.29) is 45.6 Å². The van der Waals surface area contributed by atoms with Crippen molar-refractivity contribution in [2.45, 2.75) is 31.9 Å². The van der Waals surface area contributed by atoms with Crippen LogP contribution in [-0.2, 0) is 25.4 Å². The van der Waals surface area contributed by atoms with Crippen molar-refractivity contribution in [1.29, 1.82) is 0 Å². The van der Waals surface area contributed by atoms with E-state index in [1.165, 1.54) is 32.4 Å². The molecule has 0 spiro atoms. The summed E-state index contributed by atoms with van der Waals surface area (Å²) in [7, 11) is 2.58. The first-order chi connectivity index (χ1) is 24.0. The number of pyridine rings is 1. The third-order valence-electron chi connectivity index (χ3n) is 10.7. The Morgan fingerprint density at radius 3 is 2.39 bits per heavy atom. The van der Waals surface area contributed by atoms with E-state index in [2.05, 4.69) is 4.98 Å². The number of fused-ring (bicyclic) bond motifs is 4. The van der Waals surface area contributed by atoms with Gasteiger partial charge in [-0.3, -0.25) is 24.2 Å². The molecule has 1 aromatic heterocycles. The first-order valence-electron chi connectivity index (χ1n) is 15.8. The largest absolute Gasteiger partial charge is 0.508 e. The number of methoxy groups -OCH3 is 1. The molecular weight excluding hydrogens is 719 g/mol. The van der Waals surface area contributed by atoms with Crippen LogP contribution in [0.25, 0.3) is 0 Å². The molecule has 2 aliphatic carbocycles. The van der Waals surface area contributed by atoms with Gasteiger partial charge in [0, 0.05) is 18.5 Å². The highest BCUT2D eigenvalue weighted by atomic mass is 35.5. The molecule has 10 nitrogen and oxygen atoms in total. The molecule has 4 aliphatic rings. The van der Waals surface area contributed by atoms with Crippen molar-refractivity contribution < 1.29 is 46.6 Å². The molecule has 1 N–H and O–H groups in total. The van der Waals surface area contributed by atoms with E-state index in [1.807, 2.05) is 0 Å². The monoisotopic (exact) mass is 746 g/mol. The zero-order valence-corrected chi connectivity index (χ0v) is 28.6. The predicted octanol–water partition coefficient (Wildman–Crippen LogP) is 6.54. The standard InChI is InChI=1S/C35H28Cl2F4N4O6/c1-34-19(31(48)44(33(34)50)15-7-11-22(38)21(37)13-15)14-18-16(28(34)27-23(46)5-4-6-24(27)51-3)8-9-17-26(18)32(49)45(30(17)47)43(2)29-20(36)10-12-25(42-29)35(39,40)41/h4-8,10-13,17-19,26,28,46H,9,14H2,1-3H3. The third kappa shape index (κ3) is 5.01. The number of aromatic nitrogens is 1. The first kappa shape index (κ1) is 34.7. The van der Waals surface area contributed by atoms with Crippen molar-refractivity contribution in [2.75, 3.05) is 24.1 Å². The molecule has 2 aliphatic heterocycles. The molecule has 2 saturated heterocycles. The molecule has 0 radical (unpaired) electrons. The number of amides is 4. The van der Waals surface area contributed by atoms with Crippen molar-refractivity contribution in [3.05, 3.63) is 87.3 Å². The van der Waals surface area contributed by atoms with E-state index < -0.39 is 82.1 Å². The van der Waals surface area contributed by atoms with Gasteiger partial charge in [-0.25, -0.2) is 14.3 Å². The predicted molar refractivity (Wildman–Crippen MR) is 175 cm³/mol. The van der Waals surface area contributed by atoms with Crippen LogP contribution in [0.1, 0.15) is 36.9 Å². The summed E-state index contributed by atoms with van der Waals surface area (Å²) in [6.45, 7) is 1.59. The number of rotatable bonds is 5. The Hall–Kier alpha value is -4.69. The molecular formula is C35H28Cl2F4N4O6. The number of ether oxygens (including phenoxy) is 1. The van der Waals surface area contributed by atoms with Gasteiger partial charge in [0.15, 0.2) is 5.82 Å². The van der Waals surface area contributed by atoms with Crippen LogP contribution in [0.5, 0.6) is 11.5 Å². The van der Waals surface area contributed by atoms with Crippen LogP contribution in [0.15, 0.2) is 60.2 Å². The van der Waals surface area contributed by atoms with E-state index in [0.29, 0.717) is 11.6 Å². The van der Waals surface area contributed by atoms with E-state index in [4.69, 9.17) is 27.9 Å². The number of carbonyl (C=O) groups is 4. The third-order valence-corrected chi connectivity index (χ3v) is 11.3. The van der Waals surface area contributed by atoms with Crippen LogP contribution in [0.4, 0.5) is 29.1 Å². The lowest BCUT2D eigenvalue weighted by molar-refractivity contribution is -0.141. The zero-order chi connectivity index (χ0) is 36.9. The minimum Gasteiger partial charge on any atom is -0.508 e. The first-order valence-corrected chi connectivity index (χ1v) is 16.5. The van der Waals surface area contributed by atoms with Crippen molar-refractivity contribution in [1.82, 2.24) is 9.99 Å². The number of phenols is 1. The lowest BCUT2D eigenvalue weighted by Gasteiger charge is -2.49. The summed E-state index contributed by atoms with van der Waals surface area (Å²) in [6, 6.07) is 9.59. The number of hydrogen-bond donors (Lipinski definition) is 1. The van der Waals surface area contributed by atoms with Crippen molar-refractivity contribution in [2.24, 2.45) is 29.1 Å². The number of halogens is 6. The number of benzene rings is 2. The van der Waals surface area contributed by atoms with E-state index in [9.17, 15) is 41.8 Å². The topological polar surface area (TPSA) is 120 Å². The van der Waals surface area contributed by atoms with Gasteiger partial charge >= 0.3 is 6.18 Å². The number of phenolic OH excluding ortho intramolecular Hbond substituents is 1. The minimum absolute atomic E-state index is 0.00173. The number of imide groups is 2. The van der Waals surface area contributed by atoms with E-state index in [0.717, 1.165) is 33.1 Å². The second-order valence-corrected chi connectivity index (χ2v) is 14.0. The quantitative estimate of drug-likeness (QED) is 0.178. The number of aromatic hydroxyl groups is 1. The number of alkyl halides is 3. The summed E-state index contributed by atoms with van der Waals surface area (Å²) in [5.41, 5.74) is -2.13. The van der Waals surface area contributed by atoms with Gasteiger partial charge in [-0.15, -0.1) is 0 Å². The molecule has 2 aromatic carbocycles.